The molecule has 0 aromatic carbocycles. The van der Waals surface area contributed by atoms with Crippen molar-refractivity contribution < 1.29 is 8.78 Å². The van der Waals surface area contributed by atoms with Crippen LogP contribution in [0.1, 0.15) is 19.8 Å². The second-order valence-electron chi connectivity index (χ2n) is 1.97. The van der Waals surface area contributed by atoms with E-state index in [0.717, 1.165) is 6.42 Å². The van der Waals surface area contributed by atoms with E-state index < -0.39 is 13.0 Å². The molecule has 0 heterocycles. The number of halogens is 2. The minimum atomic E-state index is -2.38. The third-order valence-corrected chi connectivity index (χ3v) is 0.939. The molecule has 60 valence electrons. The minimum absolute atomic E-state index is 0.322. The van der Waals surface area contributed by atoms with E-state index in [2.05, 4.69) is 4.99 Å². The van der Waals surface area contributed by atoms with E-state index in [9.17, 15) is 8.78 Å². The number of hydrogen-bond donors (Lipinski definition) is 1. The predicted molar refractivity (Wildman–Crippen MR) is 37.4 cm³/mol. The van der Waals surface area contributed by atoms with Crippen molar-refractivity contribution in [1.82, 2.24) is 0 Å². The first-order valence-corrected chi connectivity index (χ1v) is 3.23. The van der Waals surface area contributed by atoms with Crippen LogP contribution in [0.15, 0.2) is 4.99 Å². The summed E-state index contributed by atoms with van der Waals surface area (Å²) in [6.45, 7) is 1.45. The second kappa shape index (κ2) is 5.14. The fraction of sp³-hybridized carbons (Fsp3) is 0.833. The molecule has 0 aromatic rings. The molecule has 0 saturated carbocycles. The maximum Gasteiger partial charge on any atom is 0.257 e. The average molecular weight is 150 g/mol. The van der Waals surface area contributed by atoms with E-state index in [1.807, 2.05) is 6.92 Å². The van der Waals surface area contributed by atoms with E-state index in [-0.39, 0.29) is 0 Å². The van der Waals surface area contributed by atoms with Gasteiger partial charge in [-0.1, -0.05) is 6.92 Å². The summed E-state index contributed by atoms with van der Waals surface area (Å²) in [5.41, 5.74) is 5.25. The molecule has 0 aromatic heterocycles. The summed E-state index contributed by atoms with van der Waals surface area (Å²) >= 11 is 0. The number of amidine groups is 1. The molecule has 2 N–H and O–H groups in total. The normalized spacial score (nSPS) is 12.6. The number of rotatable bonds is 4. The molecule has 0 unspecified atom stereocenters. The van der Waals surface area contributed by atoms with Crippen LogP contribution in [0.2, 0.25) is 0 Å². The number of alkyl halides is 2. The van der Waals surface area contributed by atoms with Gasteiger partial charge in [0.1, 0.15) is 6.54 Å². The monoisotopic (exact) mass is 150 g/mol. The Morgan fingerprint density at radius 2 is 2.20 bits per heavy atom. The van der Waals surface area contributed by atoms with Gasteiger partial charge >= 0.3 is 0 Å². The van der Waals surface area contributed by atoms with Gasteiger partial charge in [-0.05, 0) is 6.42 Å². The van der Waals surface area contributed by atoms with E-state index in [4.69, 9.17) is 5.73 Å². The largest absolute Gasteiger partial charge is 0.387 e. The van der Waals surface area contributed by atoms with Crippen LogP contribution < -0.4 is 5.73 Å². The van der Waals surface area contributed by atoms with Gasteiger partial charge in [-0.2, -0.15) is 0 Å². The van der Waals surface area contributed by atoms with Crippen molar-refractivity contribution in [2.45, 2.75) is 26.2 Å². The standard InChI is InChI=1S/C6H12F2N2/c1-2-3-6(9)10-4-5(7)8/h5H,2-4H2,1H3,(H2,9,10). The van der Waals surface area contributed by atoms with Crippen molar-refractivity contribution in [3.05, 3.63) is 0 Å². The zero-order valence-corrected chi connectivity index (χ0v) is 5.98. The van der Waals surface area contributed by atoms with Crippen LogP contribution in [0.5, 0.6) is 0 Å². The fourth-order valence-corrected chi connectivity index (χ4v) is 0.521. The molecule has 0 amide bonds. The highest BCUT2D eigenvalue weighted by Gasteiger charge is 1.99. The maximum atomic E-state index is 11.5. The molecule has 0 rings (SSSR count). The Morgan fingerprint density at radius 1 is 1.60 bits per heavy atom. The van der Waals surface area contributed by atoms with E-state index in [1.54, 1.807) is 0 Å². The van der Waals surface area contributed by atoms with Crippen molar-refractivity contribution in [3.63, 3.8) is 0 Å². The van der Waals surface area contributed by atoms with Gasteiger partial charge in [-0.3, -0.25) is 4.99 Å². The third-order valence-electron chi connectivity index (χ3n) is 0.939. The van der Waals surface area contributed by atoms with Gasteiger partial charge in [0.25, 0.3) is 6.43 Å². The van der Waals surface area contributed by atoms with Crippen molar-refractivity contribution in [1.29, 1.82) is 0 Å². The van der Waals surface area contributed by atoms with E-state index in [1.165, 1.54) is 0 Å². The maximum absolute atomic E-state index is 11.5. The Hall–Kier alpha value is -0.670. The number of aliphatic imine (C=N–C) groups is 1. The van der Waals surface area contributed by atoms with Crippen LogP contribution >= 0.6 is 0 Å². The lowest BCUT2D eigenvalue weighted by Crippen LogP contribution is -2.13. The Morgan fingerprint density at radius 3 is 2.60 bits per heavy atom. The van der Waals surface area contributed by atoms with Gasteiger partial charge in [-0.25, -0.2) is 8.78 Å². The molecular formula is C6H12F2N2. The average Bonchev–Trinajstić information content (AvgIpc) is 1.85. The molecule has 0 radical (unpaired) electrons. The van der Waals surface area contributed by atoms with E-state index >= 15 is 0 Å². The minimum Gasteiger partial charge on any atom is -0.387 e. The molecular weight excluding hydrogens is 138 g/mol. The van der Waals surface area contributed by atoms with Gasteiger partial charge in [0.15, 0.2) is 0 Å². The topological polar surface area (TPSA) is 38.4 Å². The zero-order valence-electron chi connectivity index (χ0n) is 5.98. The van der Waals surface area contributed by atoms with Gasteiger partial charge in [0.05, 0.1) is 5.84 Å². The summed E-state index contributed by atoms with van der Waals surface area (Å²) in [4.78, 5) is 3.46. The highest BCUT2D eigenvalue weighted by atomic mass is 19.3. The summed E-state index contributed by atoms with van der Waals surface area (Å²) in [5.74, 6) is 0.322. The first-order valence-electron chi connectivity index (χ1n) is 3.23. The SMILES string of the molecule is CCCC(N)=NCC(F)F. The second-order valence-corrected chi connectivity index (χ2v) is 1.97. The van der Waals surface area contributed by atoms with Gasteiger partial charge in [0.2, 0.25) is 0 Å². The lowest BCUT2D eigenvalue weighted by molar-refractivity contribution is 0.158. The molecule has 4 heteroatoms. The Kier molecular flexibility index (Phi) is 4.80. The van der Waals surface area contributed by atoms with Crippen molar-refractivity contribution in [2.24, 2.45) is 10.7 Å². The first-order chi connectivity index (χ1) is 4.66. The first kappa shape index (κ1) is 9.33. The molecule has 0 saturated heterocycles. The van der Waals surface area contributed by atoms with Gasteiger partial charge in [0, 0.05) is 6.42 Å². The molecule has 0 atom stereocenters. The Bertz CT molecular complexity index is 112. The van der Waals surface area contributed by atoms with Crippen LogP contribution in [0, 0.1) is 0 Å². The highest BCUT2D eigenvalue weighted by Crippen LogP contribution is 1.93. The smallest absolute Gasteiger partial charge is 0.257 e. The molecule has 0 aliphatic carbocycles. The van der Waals surface area contributed by atoms with Crippen LogP contribution in [0.3, 0.4) is 0 Å². The number of nitrogens with zero attached hydrogens (tertiary/aromatic N) is 1. The summed E-state index contributed by atoms with van der Waals surface area (Å²) in [5, 5.41) is 0. The predicted octanol–water partition coefficient (Wildman–Crippen LogP) is 1.41. The molecule has 0 fully saturated rings. The fourth-order valence-electron chi connectivity index (χ4n) is 0.521. The quantitative estimate of drug-likeness (QED) is 0.477. The van der Waals surface area contributed by atoms with Crippen molar-refractivity contribution in [2.75, 3.05) is 6.54 Å². The molecule has 0 spiro atoms. The van der Waals surface area contributed by atoms with Gasteiger partial charge in [-0.15, -0.1) is 0 Å². The Balaban J connectivity index is 3.47. The van der Waals surface area contributed by atoms with Crippen LogP contribution in [-0.4, -0.2) is 18.8 Å². The molecule has 10 heavy (non-hydrogen) atoms. The van der Waals surface area contributed by atoms with Crippen LogP contribution in [-0.2, 0) is 0 Å². The lowest BCUT2D eigenvalue weighted by Gasteiger charge is -1.96. The Labute approximate surface area is 59.1 Å². The molecule has 0 aliphatic rings. The molecule has 0 aliphatic heterocycles. The van der Waals surface area contributed by atoms with E-state index in [0.29, 0.717) is 12.3 Å². The zero-order chi connectivity index (χ0) is 7.98. The third kappa shape index (κ3) is 5.47. The highest BCUT2D eigenvalue weighted by molar-refractivity contribution is 5.80. The van der Waals surface area contributed by atoms with Gasteiger partial charge < -0.3 is 5.73 Å². The summed E-state index contributed by atoms with van der Waals surface area (Å²) in [7, 11) is 0. The molecule has 2 nitrogen and oxygen atoms in total. The summed E-state index contributed by atoms with van der Waals surface area (Å²) < 4.78 is 22.9. The summed E-state index contributed by atoms with van der Waals surface area (Å²) in [6.07, 6.45) is -0.930. The summed E-state index contributed by atoms with van der Waals surface area (Å²) in [6, 6.07) is 0. The molecule has 0 bridgehead atoms. The lowest BCUT2D eigenvalue weighted by atomic mass is 10.3. The van der Waals surface area contributed by atoms with Crippen LogP contribution in [0.4, 0.5) is 8.78 Å². The number of hydrogen-bond acceptors (Lipinski definition) is 1. The van der Waals surface area contributed by atoms with Crippen molar-refractivity contribution >= 4 is 5.84 Å². The number of nitrogens with two attached hydrogens (primary N) is 1. The van der Waals surface area contributed by atoms with Crippen LogP contribution in [0.25, 0.3) is 0 Å². The van der Waals surface area contributed by atoms with Crippen molar-refractivity contribution in [3.8, 4) is 0 Å².